The summed E-state index contributed by atoms with van der Waals surface area (Å²) in [4.78, 5) is 22.5. The number of rotatable bonds is 5. The van der Waals surface area contributed by atoms with Gasteiger partial charge in [0.05, 0.1) is 11.3 Å². The highest BCUT2D eigenvalue weighted by Gasteiger charge is 2.29. The van der Waals surface area contributed by atoms with Crippen LogP contribution < -0.4 is 4.74 Å². The minimum Gasteiger partial charge on any atom is -0.486 e. The number of carbonyl (C=O) groups excluding carboxylic acids is 1. The summed E-state index contributed by atoms with van der Waals surface area (Å²) >= 11 is 0. The second kappa shape index (κ2) is 8.71. The van der Waals surface area contributed by atoms with E-state index in [1.165, 1.54) is 25.7 Å². The van der Waals surface area contributed by atoms with E-state index >= 15 is 0 Å². The van der Waals surface area contributed by atoms with Crippen molar-refractivity contribution in [2.45, 2.75) is 45.3 Å². The van der Waals surface area contributed by atoms with Crippen molar-refractivity contribution in [2.24, 2.45) is 0 Å². The molecule has 2 aromatic heterocycles. The van der Waals surface area contributed by atoms with Crippen LogP contribution in [0.3, 0.4) is 0 Å². The molecule has 2 aliphatic rings. The van der Waals surface area contributed by atoms with Crippen LogP contribution in [0.5, 0.6) is 5.75 Å². The third-order valence-corrected chi connectivity index (χ3v) is 6.66. The molecule has 0 unspecified atom stereocenters. The lowest BCUT2D eigenvalue weighted by molar-refractivity contribution is 0.0569. The highest BCUT2D eigenvalue weighted by atomic mass is 16.5. The monoisotopic (exact) mass is 418 g/mol. The van der Waals surface area contributed by atoms with Crippen LogP contribution in [0.25, 0.3) is 5.65 Å². The van der Waals surface area contributed by atoms with Gasteiger partial charge in [-0.25, -0.2) is 4.98 Å². The topological polar surface area (TPSA) is 50.1 Å². The third kappa shape index (κ3) is 4.17. The number of hydrogen-bond donors (Lipinski definition) is 0. The maximum Gasteiger partial charge on any atom is 0.257 e. The lowest BCUT2D eigenvalue weighted by Crippen LogP contribution is -2.51. The molecule has 5 rings (SSSR count). The average molecular weight is 419 g/mol. The van der Waals surface area contributed by atoms with Gasteiger partial charge >= 0.3 is 0 Å². The zero-order chi connectivity index (χ0) is 21.2. The first kappa shape index (κ1) is 20.1. The fourth-order valence-corrected chi connectivity index (χ4v) is 4.92. The van der Waals surface area contributed by atoms with E-state index in [4.69, 9.17) is 4.74 Å². The van der Waals surface area contributed by atoms with E-state index < -0.39 is 0 Å². The molecule has 6 nitrogen and oxygen atoms in total. The zero-order valence-electron chi connectivity index (χ0n) is 18.2. The number of aryl methyl sites for hydroxylation is 1. The van der Waals surface area contributed by atoms with Gasteiger partial charge in [-0.2, -0.15) is 0 Å². The lowest BCUT2D eigenvalue weighted by Gasteiger charge is -2.38. The molecule has 3 heterocycles. The molecule has 0 radical (unpaired) electrons. The largest absolute Gasteiger partial charge is 0.486 e. The molecule has 1 amide bonds. The van der Waals surface area contributed by atoms with Crippen molar-refractivity contribution in [1.82, 2.24) is 19.2 Å². The summed E-state index contributed by atoms with van der Waals surface area (Å²) in [7, 11) is 0. The number of ether oxygens (including phenoxy) is 1. The van der Waals surface area contributed by atoms with Crippen molar-refractivity contribution in [1.29, 1.82) is 0 Å². The maximum absolute atomic E-state index is 13.3. The minimum absolute atomic E-state index is 0.0625. The van der Waals surface area contributed by atoms with Gasteiger partial charge in [-0.1, -0.05) is 31.0 Å². The van der Waals surface area contributed by atoms with Crippen molar-refractivity contribution in [3.05, 3.63) is 65.6 Å². The average Bonchev–Trinajstić information content (AvgIpc) is 3.48. The van der Waals surface area contributed by atoms with Gasteiger partial charge in [-0.15, -0.1) is 0 Å². The van der Waals surface area contributed by atoms with Crippen LogP contribution in [0, 0.1) is 6.92 Å². The van der Waals surface area contributed by atoms with E-state index in [9.17, 15) is 4.79 Å². The first-order chi connectivity index (χ1) is 15.2. The Kier molecular flexibility index (Phi) is 5.64. The van der Waals surface area contributed by atoms with Crippen molar-refractivity contribution >= 4 is 11.6 Å². The number of fused-ring (bicyclic) bond motifs is 1. The van der Waals surface area contributed by atoms with E-state index in [1.54, 1.807) is 0 Å². The Morgan fingerprint density at radius 1 is 1.06 bits per heavy atom. The molecule has 1 aliphatic heterocycles. The summed E-state index contributed by atoms with van der Waals surface area (Å²) in [6.45, 7) is 5.90. The molecular weight excluding hydrogens is 388 g/mol. The number of piperazine rings is 1. The first-order valence-electron chi connectivity index (χ1n) is 11.4. The second-order valence-electron chi connectivity index (χ2n) is 8.71. The summed E-state index contributed by atoms with van der Waals surface area (Å²) in [6, 6.07) is 12.4. The Balaban J connectivity index is 1.25. The van der Waals surface area contributed by atoms with Crippen LogP contribution in [0.4, 0.5) is 0 Å². The van der Waals surface area contributed by atoms with Gasteiger partial charge in [0.25, 0.3) is 5.91 Å². The van der Waals surface area contributed by atoms with E-state index in [0.29, 0.717) is 17.9 Å². The molecule has 1 saturated heterocycles. The fraction of sp³-hybridized carbons (Fsp3) is 0.440. The van der Waals surface area contributed by atoms with E-state index in [0.717, 1.165) is 49.1 Å². The molecule has 162 valence electrons. The summed E-state index contributed by atoms with van der Waals surface area (Å²) in [5, 5.41) is 0. The SMILES string of the molecule is Cc1cccn2cc(COc3ccccc3C(=O)N3CCN(C4CCCC4)CC3)nc12. The first-order valence-corrected chi connectivity index (χ1v) is 11.4. The number of imidazole rings is 1. The van der Waals surface area contributed by atoms with E-state index in [2.05, 4.69) is 9.88 Å². The molecule has 0 N–H and O–H groups in total. The summed E-state index contributed by atoms with van der Waals surface area (Å²) in [5.41, 5.74) is 3.55. The Labute approximate surface area is 183 Å². The highest BCUT2D eigenvalue weighted by Crippen LogP contribution is 2.26. The highest BCUT2D eigenvalue weighted by molar-refractivity contribution is 5.97. The van der Waals surface area contributed by atoms with Gasteiger partial charge in [0, 0.05) is 44.6 Å². The normalized spacial score (nSPS) is 18.0. The molecular formula is C25H30N4O2. The molecule has 0 spiro atoms. The molecule has 31 heavy (non-hydrogen) atoms. The van der Waals surface area contributed by atoms with Crippen LogP contribution in [0.15, 0.2) is 48.8 Å². The van der Waals surface area contributed by atoms with Gasteiger partial charge in [0.1, 0.15) is 18.0 Å². The van der Waals surface area contributed by atoms with Crippen LogP contribution in [-0.4, -0.2) is 57.3 Å². The van der Waals surface area contributed by atoms with Crippen molar-refractivity contribution < 1.29 is 9.53 Å². The predicted octanol–water partition coefficient (Wildman–Crippen LogP) is 3.92. The molecule has 3 aromatic rings. The van der Waals surface area contributed by atoms with Gasteiger partial charge in [-0.05, 0) is 43.5 Å². The molecule has 1 aromatic carbocycles. The van der Waals surface area contributed by atoms with Gasteiger partial charge in [0.15, 0.2) is 0 Å². The molecule has 0 bridgehead atoms. The molecule has 2 fully saturated rings. The number of hydrogen-bond acceptors (Lipinski definition) is 4. The lowest BCUT2D eigenvalue weighted by atomic mass is 10.1. The smallest absolute Gasteiger partial charge is 0.257 e. The van der Waals surface area contributed by atoms with Crippen LogP contribution in [0.1, 0.15) is 47.3 Å². The Morgan fingerprint density at radius 3 is 2.61 bits per heavy atom. The molecule has 1 saturated carbocycles. The quantitative estimate of drug-likeness (QED) is 0.630. The van der Waals surface area contributed by atoms with Crippen LogP contribution in [-0.2, 0) is 6.61 Å². The van der Waals surface area contributed by atoms with Crippen LogP contribution >= 0.6 is 0 Å². The number of aromatic nitrogens is 2. The molecule has 6 heteroatoms. The number of pyridine rings is 1. The summed E-state index contributed by atoms with van der Waals surface area (Å²) < 4.78 is 8.08. The summed E-state index contributed by atoms with van der Waals surface area (Å²) in [5.74, 6) is 0.687. The standard InChI is InChI=1S/C25H30N4O2/c1-19-7-6-12-29-17-20(26-24(19)29)18-31-23-11-5-4-10-22(23)25(30)28-15-13-27(14-16-28)21-8-2-3-9-21/h4-7,10-12,17,21H,2-3,8-9,13-16,18H2,1H3. The van der Waals surface area contributed by atoms with Crippen molar-refractivity contribution in [3.63, 3.8) is 0 Å². The van der Waals surface area contributed by atoms with Gasteiger partial charge in [0.2, 0.25) is 0 Å². The van der Waals surface area contributed by atoms with E-state index in [1.807, 2.05) is 65.0 Å². The Bertz CT molecular complexity index is 1060. The molecule has 1 aliphatic carbocycles. The number of carbonyl (C=O) groups is 1. The van der Waals surface area contributed by atoms with E-state index in [-0.39, 0.29) is 5.91 Å². The Morgan fingerprint density at radius 2 is 1.84 bits per heavy atom. The second-order valence-corrected chi connectivity index (χ2v) is 8.71. The number of para-hydroxylation sites is 1. The number of nitrogens with zero attached hydrogens (tertiary/aromatic N) is 4. The number of amides is 1. The summed E-state index contributed by atoms with van der Waals surface area (Å²) in [6.07, 6.45) is 9.29. The van der Waals surface area contributed by atoms with Crippen molar-refractivity contribution in [2.75, 3.05) is 26.2 Å². The van der Waals surface area contributed by atoms with Crippen LogP contribution in [0.2, 0.25) is 0 Å². The predicted molar refractivity (Wildman–Crippen MR) is 120 cm³/mol. The van der Waals surface area contributed by atoms with Gasteiger partial charge in [-0.3, -0.25) is 9.69 Å². The van der Waals surface area contributed by atoms with Crippen molar-refractivity contribution in [3.8, 4) is 5.75 Å². The van der Waals surface area contributed by atoms with Gasteiger partial charge < -0.3 is 14.0 Å². The minimum atomic E-state index is 0.0625. The zero-order valence-corrected chi connectivity index (χ0v) is 18.2. The Hall–Kier alpha value is -2.86. The molecule has 0 atom stereocenters. The fourth-order valence-electron chi connectivity index (χ4n) is 4.92. The maximum atomic E-state index is 13.3. The number of benzene rings is 1. The third-order valence-electron chi connectivity index (χ3n) is 6.66.